The molecule has 3 heterocycles. The van der Waals surface area contributed by atoms with Crippen molar-refractivity contribution < 1.29 is 9.53 Å². The van der Waals surface area contributed by atoms with Crippen molar-refractivity contribution in [2.45, 2.75) is 49.7 Å². The highest BCUT2D eigenvalue weighted by molar-refractivity contribution is 9.10. The molecule has 0 radical (unpaired) electrons. The zero-order chi connectivity index (χ0) is 20.3. The van der Waals surface area contributed by atoms with Crippen LogP contribution >= 0.6 is 15.9 Å². The van der Waals surface area contributed by atoms with Crippen molar-refractivity contribution in [1.29, 1.82) is 0 Å². The highest BCUT2D eigenvalue weighted by Gasteiger charge is 2.56. The fraction of sp³-hybridized carbons (Fsp3) is 0.478. The van der Waals surface area contributed by atoms with Crippen molar-refractivity contribution in [1.82, 2.24) is 15.2 Å². The molecule has 2 aliphatic rings. The van der Waals surface area contributed by atoms with Gasteiger partial charge in [-0.15, -0.1) is 0 Å². The number of carbonyl (C=O) groups is 1. The Kier molecular flexibility index (Phi) is 6.32. The van der Waals surface area contributed by atoms with Gasteiger partial charge in [0.25, 0.3) is 5.91 Å². The number of nitrogens with zero attached hydrogens (tertiary/aromatic N) is 2. The number of methoxy groups -OCH3 is 1. The SMILES string of the molecule is COCCCN1C2CCC1(C(NC(=O)c1ccncc1Br)c1ccccc1)CC2. The summed E-state index contributed by atoms with van der Waals surface area (Å²) in [5.41, 5.74) is 1.76. The summed E-state index contributed by atoms with van der Waals surface area (Å²) in [7, 11) is 1.76. The van der Waals surface area contributed by atoms with Crippen LogP contribution in [0.15, 0.2) is 53.3 Å². The van der Waals surface area contributed by atoms with Gasteiger partial charge < -0.3 is 10.1 Å². The summed E-state index contributed by atoms with van der Waals surface area (Å²) in [6, 6.07) is 12.8. The van der Waals surface area contributed by atoms with Crippen LogP contribution in [0.5, 0.6) is 0 Å². The molecule has 1 N–H and O–H groups in total. The first-order chi connectivity index (χ1) is 14.2. The number of nitrogens with one attached hydrogen (secondary N) is 1. The molecule has 1 amide bonds. The molecule has 0 spiro atoms. The number of amides is 1. The topological polar surface area (TPSA) is 54.5 Å². The first-order valence-corrected chi connectivity index (χ1v) is 11.2. The molecule has 1 aromatic carbocycles. The van der Waals surface area contributed by atoms with Crippen molar-refractivity contribution >= 4 is 21.8 Å². The third-order valence-electron chi connectivity index (χ3n) is 6.54. The molecule has 6 heteroatoms. The molecule has 2 aliphatic heterocycles. The van der Waals surface area contributed by atoms with E-state index in [0.29, 0.717) is 11.6 Å². The normalized spacial score (nSPS) is 24.6. The molecular formula is C23H28BrN3O2. The van der Waals surface area contributed by atoms with E-state index in [4.69, 9.17) is 4.74 Å². The number of pyridine rings is 1. The number of carbonyl (C=O) groups excluding carboxylic acids is 1. The molecule has 2 fully saturated rings. The molecule has 154 valence electrons. The number of ether oxygens (including phenoxy) is 1. The zero-order valence-electron chi connectivity index (χ0n) is 16.8. The van der Waals surface area contributed by atoms with Crippen LogP contribution in [-0.2, 0) is 4.74 Å². The second kappa shape index (κ2) is 8.94. The van der Waals surface area contributed by atoms with Crippen molar-refractivity contribution in [3.05, 3.63) is 64.4 Å². The maximum atomic E-state index is 13.2. The van der Waals surface area contributed by atoms with Crippen molar-refractivity contribution in [2.24, 2.45) is 0 Å². The van der Waals surface area contributed by atoms with Gasteiger partial charge in [0.05, 0.1) is 11.6 Å². The zero-order valence-corrected chi connectivity index (χ0v) is 18.4. The number of rotatable bonds is 8. The summed E-state index contributed by atoms with van der Waals surface area (Å²) < 4.78 is 6.02. The fourth-order valence-corrected chi connectivity index (χ4v) is 5.68. The van der Waals surface area contributed by atoms with Gasteiger partial charge in [0.15, 0.2) is 0 Å². The van der Waals surface area contributed by atoms with Crippen LogP contribution in [0.3, 0.4) is 0 Å². The Morgan fingerprint density at radius 1 is 1.31 bits per heavy atom. The Morgan fingerprint density at radius 3 is 2.76 bits per heavy atom. The Bertz CT molecular complexity index is 837. The number of hydrogen-bond donors (Lipinski definition) is 1. The Morgan fingerprint density at radius 2 is 2.07 bits per heavy atom. The van der Waals surface area contributed by atoms with Crippen LogP contribution in [0.4, 0.5) is 0 Å². The van der Waals surface area contributed by atoms with Gasteiger partial charge in [0.1, 0.15) is 0 Å². The lowest BCUT2D eigenvalue weighted by molar-refractivity contribution is 0.0740. The van der Waals surface area contributed by atoms with Crippen LogP contribution in [0, 0.1) is 0 Å². The number of fused-ring (bicyclic) bond motifs is 2. The number of benzene rings is 1. The van der Waals surface area contributed by atoms with Gasteiger partial charge in [-0.2, -0.15) is 0 Å². The van der Waals surface area contributed by atoms with Crippen LogP contribution in [0.2, 0.25) is 0 Å². The van der Waals surface area contributed by atoms with Crippen molar-refractivity contribution in [3.8, 4) is 0 Å². The van der Waals surface area contributed by atoms with Gasteiger partial charge in [-0.05, 0) is 59.7 Å². The minimum absolute atomic E-state index is 0.0328. The first-order valence-electron chi connectivity index (χ1n) is 10.4. The van der Waals surface area contributed by atoms with E-state index >= 15 is 0 Å². The standard InChI is InChI=1S/C23H28BrN3O2/c1-29-15-5-14-27-18-8-11-23(27,12-9-18)21(17-6-3-2-4-7-17)26-22(28)19-10-13-25-16-20(19)24/h2-4,6-7,10,13,16,18,21H,5,8-9,11-12,14-15H2,1H3,(H,26,28). The third-order valence-corrected chi connectivity index (χ3v) is 7.18. The third kappa shape index (κ3) is 3.98. The summed E-state index contributed by atoms with van der Waals surface area (Å²) in [5, 5.41) is 3.40. The quantitative estimate of drug-likeness (QED) is 0.598. The summed E-state index contributed by atoms with van der Waals surface area (Å²) in [4.78, 5) is 20.0. The Hall–Kier alpha value is -1.76. The lowest BCUT2D eigenvalue weighted by Crippen LogP contribution is -2.52. The molecule has 0 aliphatic carbocycles. The summed E-state index contributed by atoms with van der Waals surface area (Å²) in [5.74, 6) is -0.0605. The van der Waals surface area contributed by atoms with Crippen LogP contribution in [0.1, 0.15) is 54.1 Å². The number of aromatic nitrogens is 1. The second-order valence-corrected chi connectivity index (χ2v) is 8.90. The molecule has 2 saturated heterocycles. The minimum Gasteiger partial charge on any atom is -0.385 e. The molecule has 1 aromatic heterocycles. The van der Waals surface area contributed by atoms with E-state index in [1.54, 1.807) is 25.6 Å². The fourth-order valence-electron chi connectivity index (χ4n) is 5.25. The van der Waals surface area contributed by atoms with E-state index in [1.807, 2.05) is 6.07 Å². The van der Waals surface area contributed by atoms with Gasteiger partial charge in [-0.25, -0.2) is 0 Å². The molecule has 1 unspecified atom stereocenters. The van der Waals surface area contributed by atoms with Crippen molar-refractivity contribution in [3.63, 3.8) is 0 Å². The average molecular weight is 458 g/mol. The largest absolute Gasteiger partial charge is 0.385 e. The second-order valence-electron chi connectivity index (χ2n) is 8.05. The number of halogens is 1. The molecule has 29 heavy (non-hydrogen) atoms. The predicted octanol–water partition coefficient (Wildman–Crippen LogP) is 4.35. The van der Waals surface area contributed by atoms with Crippen LogP contribution < -0.4 is 5.32 Å². The van der Waals surface area contributed by atoms with Gasteiger partial charge >= 0.3 is 0 Å². The van der Waals surface area contributed by atoms with E-state index in [-0.39, 0.29) is 17.5 Å². The van der Waals surface area contributed by atoms with E-state index in [2.05, 4.69) is 55.4 Å². The highest BCUT2D eigenvalue weighted by atomic mass is 79.9. The van der Waals surface area contributed by atoms with Gasteiger partial charge in [0.2, 0.25) is 0 Å². The van der Waals surface area contributed by atoms with E-state index in [9.17, 15) is 4.79 Å². The molecule has 2 bridgehead atoms. The van der Waals surface area contributed by atoms with Crippen molar-refractivity contribution in [2.75, 3.05) is 20.3 Å². The lowest BCUT2D eigenvalue weighted by atomic mass is 9.78. The summed E-state index contributed by atoms with van der Waals surface area (Å²) >= 11 is 3.47. The first kappa shape index (κ1) is 20.5. The average Bonchev–Trinajstić information content (AvgIpc) is 3.28. The highest BCUT2D eigenvalue weighted by Crippen LogP contribution is 2.52. The van der Waals surface area contributed by atoms with Gasteiger partial charge in [0, 0.05) is 48.7 Å². The summed E-state index contributed by atoms with van der Waals surface area (Å²) in [6.45, 7) is 1.78. The molecule has 1 atom stereocenters. The van der Waals surface area contributed by atoms with Gasteiger partial charge in [-0.1, -0.05) is 30.3 Å². The van der Waals surface area contributed by atoms with Crippen LogP contribution in [-0.4, -0.2) is 47.6 Å². The molecule has 0 saturated carbocycles. The smallest absolute Gasteiger partial charge is 0.253 e. The summed E-state index contributed by atoms with van der Waals surface area (Å²) in [6.07, 6.45) is 8.97. The Balaban J connectivity index is 1.66. The Labute approximate surface area is 181 Å². The van der Waals surface area contributed by atoms with E-state index in [0.717, 1.165) is 36.9 Å². The molecule has 4 rings (SSSR count). The number of hydrogen-bond acceptors (Lipinski definition) is 4. The maximum Gasteiger partial charge on any atom is 0.253 e. The molecule has 2 aromatic rings. The maximum absolute atomic E-state index is 13.2. The van der Waals surface area contributed by atoms with E-state index in [1.165, 1.54) is 18.4 Å². The molecule has 5 nitrogen and oxygen atoms in total. The van der Waals surface area contributed by atoms with Gasteiger partial charge in [-0.3, -0.25) is 14.7 Å². The lowest BCUT2D eigenvalue weighted by Gasteiger charge is -2.42. The monoisotopic (exact) mass is 457 g/mol. The molecular weight excluding hydrogens is 430 g/mol. The minimum atomic E-state index is -0.0605. The predicted molar refractivity (Wildman–Crippen MR) is 117 cm³/mol. The van der Waals surface area contributed by atoms with Crippen LogP contribution in [0.25, 0.3) is 0 Å². The van der Waals surface area contributed by atoms with E-state index < -0.39 is 0 Å².